The number of amides is 1. The highest BCUT2D eigenvalue weighted by molar-refractivity contribution is 6.35. The van der Waals surface area contributed by atoms with Gasteiger partial charge >= 0.3 is 0 Å². The number of hydrogen-bond acceptors (Lipinski definition) is 4. The number of aromatic amines is 1. The van der Waals surface area contributed by atoms with Crippen molar-refractivity contribution in [2.45, 2.75) is 12.1 Å². The fourth-order valence-corrected chi connectivity index (χ4v) is 4.35. The van der Waals surface area contributed by atoms with Gasteiger partial charge in [-0.05, 0) is 47.5 Å². The van der Waals surface area contributed by atoms with E-state index in [1.165, 1.54) is 6.20 Å². The van der Waals surface area contributed by atoms with Crippen molar-refractivity contribution in [2.24, 2.45) is 5.73 Å². The Labute approximate surface area is 199 Å². The molecule has 162 valence electrons. The number of halogens is 3. The SMILES string of the molecule is NCc1cccnc1C(NC(=O)c1ccn[nH]1)(c1ccc(Cl)cc1)c1ccc(Cl)cc1Cl. The Balaban J connectivity index is 2.07. The van der Waals surface area contributed by atoms with Gasteiger partial charge in [-0.2, -0.15) is 5.10 Å². The number of carbonyl (C=O) groups excluding carboxylic acids is 1. The molecule has 32 heavy (non-hydrogen) atoms. The molecule has 0 bridgehead atoms. The van der Waals surface area contributed by atoms with Crippen molar-refractivity contribution in [1.82, 2.24) is 20.5 Å². The van der Waals surface area contributed by atoms with Gasteiger partial charge in [0, 0.05) is 39.6 Å². The van der Waals surface area contributed by atoms with Crippen LogP contribution in [0.3, 0.4) is 0 Å². The molecule has 1 unspecified atom stereocenters. The zero-order chi connectivity index (χ0) is 22.7. The second-order valence-electron chi connectivity index (χ2n) is 7.02. The molecular formula is C23H18Cl3N5O. The number of rotatable bonds is 6. The van der Waals surface area contributed by atoms with Gasteiger partial charge in [0.25, 0.3) is 5.91 Å². The summed E-state index contributed by atoms with van der Waals surface area (Å²) in [4.78, 5) is 18.0. The maximum absolute atomic E-state index is 13.3. The molecule has 0 aliphatic carbocycles. The Kier molecular flexibility index (Phi) is 6.48. The predicted octanol–water partition coefficient (Wildman–Crippen LogP) is 4.95. The second kappa shape index (κ2) is 9.30. The highest BCUT2D eigenvalue weighted by atomic mass is 35.5. The number of nitrogens with zero attached hydrogens (tertiary/aromatic N) is 2. The molecule has 9 heteroatoms. The average Bonchev–Trinajstić information content (AvgIpc) is 3.34. The van der Waals surface area contributed by atoms with Gasteiger partial charge in [-0.3, -0.25) is 14.9 Å². The van der Waals surface area contributed by atoms with Crippen molar-refractivity contribution in [2.75, 3.05) is 0 Å². The van der Waals surface area contributed by atoms with Gasteiger partial charge < -0.3 is 11.1 Å². The van der Waals surface area contributed by atoms with Crippen molar-refractivity contribution >= 4 is 40.7 Å². The molecule has 2 heterocycles. The van der Waals surface area contributed by atoms with Crippen LogP contribution in [0.5, 0.6) is 0 Å². The van der Waals surface area contributed by atoms with Crippen LogP contribution in [0.15, 0.2) is 73.1 Å². The minimum absolute atomic E-state index is 0.198. The molecule has 0 aliphatic heterocycles. The van der Waals surface area contributed by atoms with E-state index in [4.69, 9.17) is 40.5 Å². The van der Waals surface area contributed by atoms with Crippen LogP contribution < -0.4 is 11.1 Å². The lowest BCUT2D eigenvalue weighted by Gasteiger charge is -2.37. The lowest BCUT2D eigenvalue weighted by Crippen LogP contribution is -2.49. The molecule has 1 amide bonds. The largest absolute Gasteiger partial charge is 0.332 e. The number of nitrogens with one attached hydrogen (secondary N) is 2. The Morgan fingerprint density at radius 2 is 1.75 bits per heavy atom. The monoisotopic (exact) mass is 485 g/mol. The van der Waals surface area contributed by atoms with E-state index in [1.807, 2.05) is 18.2 Å². The van der Waals surface area contributed by atoms with E-state index in [9.17, 15) is 4.79 Å². The van der Waals surface area contributed by atoms with Crippen molar-refractivity contribution < 1.29 is 4.79 Å². The van der Waals surface area contributed by atoms with E-state index in [1.54, 1.807) is 48.7 Å². The summed E-state index contributed by atoms with van der Waals surface area (Å²) in [5.41, 5.74) is 7.57. The smallest absolute Gasteiger partial charge is 0.270 e. The van der Waals surface area contributed by atoms with Crippen molar-refractivity contribution in [3.63, 3.8) is 0 Å². The standard InChI is InChI=1S/C23H18Cl3N5O/c24-16-5-3-15(4-6-16)23(18-8-7-17(25)12-19(18)26,21-14(13-27)2-1-10-28-21)30-22(32)20-9-11-29-31-20/h1-12H,13,27H2,(H,29,31)(H,30,32). The van der Waals surface area contributed by atoms with Gasteiger partial charge in [-0.25, -0.2) is 0 Å². The third-order valence-corrected chi connectivity index (χ3v) is 5.92. The van der Waals surface area contributed by atoms with Crippen LogP contribution in [0.1, 0.15) is 32.9 Å². The third kappa shape index (κ3) is 4.10. The minimum atomic E-state index is -1.30. The highest BCUT2D eigenvalue weighted by Gasteiger charge is 2.42. The molecule has 0 spiro atoms. The average molecular weight is 487 g/mol. The maximum atomic E-state index is 13.3. The molecule has 4 rings (SSSR count). The summed E-state index contributed by atoms with van der Waals surface area (Å²) < 4.78 is 0. The Hall–Kier alpha value is -2.90. The molecule has 0 radical (unpaired) electrons. The summed E-state index contributed by atoms with van der Waals surface area (Å²) in [6.45, 7) is 0.198. The summed E-state index contributed by atoms with van der Waals surface area (Å²) in [7, 11) is 0. The minimum Gasteiger partial charge on any atom is -0.332 e. The molecular weight excluding hydrogens is 469 g/mol. The Morgan fingerprint density at radius 3 is 2.41 bits per heavy atom. The zero-order valence-electron chi connectivity index (χ0n) is 16.6. The first-order chi connectivity index (χ1) is 15.5. The van der Waals surface area contributed by atoms with E-state index < -0.39 is 11.4 Å². The molecule has 0 saturated heterocycles. The molecule has 1 atom stereocenters. The van der Waals surface area contributed by atoms with Gasteiger partial charge in [0.2, 0.25) is 0 Å². The zero-order valence-corrected chi connectivity index (χ0v) is 18.9. The van der Waals surface area contributed by atoms with Crippen molar-refractivity contribution in [3.8, 4) is 0 Å². The van der Waals surface area contributed by atoms with Gasteiger partial charge in [-0.15, -0.1) is 0 Å². The van der Waals surface area contributed by atoms with Crippen LogP contribution in [-0.4, -0.2) is 21.1 Å². The van der Waals surface area contributed by atoms with Crippen LogP contribution in [0.25, 0.3) is 0 Å². The lowest BCUT2D eigenvalue weighted by atomic mass is 9.77. The van der Waals surface area contributed by atoms with Gasteiger partial charge in [-0.1, -0.05) is 59.1 Å². The molecule has 0 aliphatic rings. The van der Waals surface area contributed by atoms with Crippen LogP contribution in [0.4, 0.5) is 0 Å². The number of aromatic nitrogens is 3. The van der Waals surface area contributed by atoms with E-state index in [2.05, 4.69) is 20.5 Å². The fraction of sp³-hybridized carbons (Fsp3) is 0.0870. The second-order valence-corrected chi connectivity index (χ2v) is 8.30. The number of hydrogen-bond donors (Lipinski definition) is 3. The normalized spacial score (nSPS) is 12.9. The number of carbonyl (C=O) groups is 1. The molecule has 4 N–H and O–H groups in total. The van der Waals surface area contributed by atoms with Crippen molar-refractivity contribution in [1.29, 1.82) is 0 Å². The summed E-state index contributed by atoms with van der Waals surface area (Å²) in [6.07, 6.45) is 3.14. The molecule has 2 aromatic carbocycles. The van der Waals surface area contributed by atoms with Gasteiger partial charge in [0.15, 0.2) is 0 Å². The predicted molar refractivity (Wildman–Crippen MR) is 126 cm³/mol. The van der Waals surface area contributed by atoms with E-state index in [0.717, 1.165) is 5.56 Å². The fourth-order valence-electron chi connectivity index (χ4n) is 3.67. The summed E-state index contributed by atoms with van der Waals surface area (Å²) in [5, 5.41) is 11.1. The van der Waals surface area contributed by atoms with Crippen molar-refractivity contribution in [3.05, 3.63) is 116 Å². The molecule has 6 nitrogen and oxygen atoms in total. The number of H-pyrrole nitrogens is 1. The lowest BCUT2D eigenvalue weighted by molar-refractivity contribution is 0.0918. The van der Waals surface area contributed by atoms with Crippen LogP contribution in [0.2, 0.25) is 15.1 Å². The van der Waals surface area contributed by atoms with E-state index in [0.29, 0.717) is 31.9 Å². The number of benzene rings is 2. The Morgan fingerprint density at radius 1 is 1.00 bits per heavy atom. The third-order valence-electron chi connectivity index (χ3n) is 5.13. The first-order valence-electron chi connectivity index (χ1n) is 9.63. The number of nitrogens with two attached hydrogens (primary N) is 1. The molecule has 2 aromatic heterocycles. The van der Waals surface area contributed by atoms with Crippen LogP contribution in [0, 0.1) is 0 Å². The first kappa shape index (κ1) is 22.3. The van der Waals surface area contributed by atoms with Crippen LogP contribution in [-0.2, 0) is 12.1 Å². The summed E-state index contributed by atoms with van der Waals surface area (Å²) in [5.74, 6) is -0.405. The molecule has 4 aromatic rings. The van der Waals surface area contributed by atoms with E-state index in [-0.39, 0.29) is 12.2 Å². The van der Waals surface area contributed by atoms with E-state index >= 15 is 0 Å². The first-order valence-corrected chi connectivity index (χ1v) is 10.8. The Bertz CT molecular complexity index is 1240. The van der Waals surface area contributed by atoms with Gasteiger partial charge in [0.1, 0.15) is 11.2 Å². The molecule has 0 fully saturated rings. The maximum Gasteiger partial charge on any atom is 0.270 e. The highest BCUT2D eigenvalue weighted by Crippen LogP contribution is 2.42. The topological polar surface area (TPSA) is 96.7 Å². The molecule has 0 saturated carbocycles. The summed E-state index contributed by atoms with van der Waals surface area (Å²) in [6, 6.07) is 17.4. The van der Waals surface area contributed by atoms with Crippen LogP contribution >= 0.6 is 34.8 Å². The summed E-state index contributed by atoms with van der Waals surface area (Å²) >= 11 is 19.1. The van der Waals surface area contributed by atoms with Gasteiger partial charge in [0.05, 0.1) is 5.69 Å². The quantitative estimate of drug-likeness (QED) is 0.359. The number of pyridine rings is 1.